The number of halogens is 1. The molecular weight excluding hydrogens is 226 g/mol. The molecule has 0 N–H and O–H groups in total. The van der Waals surface area contributed by atoms with Crippen molar-refractivity contribution < 1.29 is 0 Å². The molecule has 0 unspecified atom stereocenters. The van der Waals surface area contributed by atoms with E-state index in [9.17, 15) is 0 Å². The third-order valence-electron chi connectivity index (χ3n) is 1.63. The summed E-state index contributed by atoms with van der Waals surface area (Å²) in [6.45, 7) is 6.17. The van der Waals surface area contributed by atoms with Crippen LogP contribution in [-0.4, -0.2) is 0 Å². The third kappa shape index (κ3) is 3.99. The molecule has 1 aromatic carbocycles. The Balaban J connectivity index is 3.06. The second kappa shape index (κ2) is 4.74. The quantitative estimate of drug-likeness (QED) is 0.670. The van der Waals surface area contributed by atoms with Gasteiger partial charge in [0.05, 0.1) is 10.7 Å². The Hall–Kier alpha value is -0.910. The molecule has 0 bridgehead atoms. The van der Waals surface area contributed by atoms with Gasteiger partial charge in [-0.25, -0.2) is 0 Å². The molecule has 0 saturated carbocycles. The van der Waals surface area contributed by atoms with Crippen molar-refractivity contribution in [2.45, 2.75) is 20.8 Å². The molecule has 1 aromatic rings. The predicted octanol–water partition coefficient (Wildman–Crippen LogP) is 4.10. The van der Waals surface area contributed by atoms with Crippen molar-refractivity contribution in [2.75, 3.05) is 0 Å². The van der Waals surface area contributed by atoms with E-state index in [0.29, 0.717) is 10.7 Å². The molecule has 0 aliphatic rings. The van der Waals surface area contributed by atoms with Crippen LogP contribution in [0.15, 0.2) is 22.6 Å². The molecule has 0 amide bonds. The summed E-state index contributed by atoms with van der Waals surface area (Å²) >= 11 is 10.6. The van der Waals surface area contributed by atoms with E-state index >= 15 is 0 Å². The minimum atomic E-state index is -0.0234. The molecule has 0 heterocycles. The molecule has 0 radical (unpaired) electrons. The minimum absolute atomic E-state index is 0.0234. The summed E-state index contributed by atoms with van der Waals surface area (Å²) in [5.74, 6) is 6.17. The zero-order valence-corrected chi connectivity index (χ0v) is 10.5. The van der Waals surface area contributed by atoms with Crippen molar-refractivity contribution in [3.63, 3.8) is 0 Å². The zero-order valence-electron chi connectivity index (χ0n) is 8.97. The van der Waals surface area contributed by atoms with Gasteiger partial charge in [-0.2, -0.15) is 4.36 Å². The summed E-state index contributed by atoms with van der Waals surface area (Å²) in [4.78, 5) is 0. The highest BCUT2D eigenvalue weighted by atomic mass is 35.5. The second-order valence-electron chi connectivity index (χ2n) is 4.26. The Bertz CT molecular complexity index is 435. The van der Waals surface area contributed by atoms with Gasteiger partial charge < -0.3 is 0 Å². The number of hydrogen-bond donors (Lipinski definition) is 0. The van der Waals surface area contributed by atoms with Gasteiger partial charge in [-0.3, -0.25) is 0 Å². The number of hydrogen-bond acceptors (Lipinski definition) is 2. The lowest BCUT2D eigenvalue weighted by Gasteiger charge is -2.07. The van der Waals surface area contributed by atoms with E-state index in [0.717, 1.165) is 5.56 Å². The third-order valence-corrected chi connectivity index (χ3v) is 2.15. The van der Waals surface area contributed by atoms with E-state index < -0.39 is 0 Å². The lowest BCUT2D eigenvalue weighted by Crippen LogP contribution is -1.99. The SMILES string of the molecule is CC(C)(C)C#Cc1ccc(N=S)cc1Cl. The first-order valence-electron chi connectivity index (χ1n) is 4.58. The van der Waals surface area contributed by atoms with E-state index in [1.54, 1.807) is 6.07 Å². The lowest BCUT2D eigenvalue weighted by molar-refractivity contribution is 0.571. The first-order valence-corrected chi connectivity index (χ1v) is 5.33. The molecule has 0 aliphatic heterocycles. The van der Waals surface area contributed by atoms with Crippen LogP contribution in [0, 0.1) is 17.3 Å². The first kappa shape index (κ1) is 12.2. The van der Waals surface area contributed by atoms with Crippen molar-refractivity contribution in [1.29, 1.82) is 0 Å². The van der Waals surface area contributed by atoms with Crippen LogP contribution in [0.2, 0.25) is 5.02 Å². The molecule has 78 valence electrons. The van der Waals surface area contributed by atoms with E-state index in [2.05, 4.69) is 49.4 Å². The largest absolute Gasteiger partial charge is 0.182 e. The monoisotopic (exact) mass is 237 g/mol. The van der Waals surface area contributed by atoms with Crippen molar-refractivity contribution in [2.24, 2.45) is 9.78 Å². The fourth-order valence-corrected chi connectivity index (χ4v) is 1.25. The van der Waals surface area contributed by atoms with Gasteiger partial charge in [-0.05, 0) is 39.0 Å². The normalized spacial score (nSPS) is 10.4. The van der Waals surface area contributed by atoms with E-state index in [-0.39, 0.29) is 5.41 Å². The molecule has 1 rings (SSSR count). The lowest BCUT2D eigenvalue weighted by atomic mass is 9.97. The molecule has 0 aromatic heterocycles. The summed E-state index contributed by atoms with van der Waals surface area (Å²) in [6, 6.07) is 5.37. The zero-order chi connectivity index (χ0) is 11.5. The molecule has 0 aliphatic carbocycles. The van der Waals surface area contributed by atoms with Crippen LogP contribution in [0.25, 0.3) is 0 Å². The van der Waals surface area contributed by atoms with Crippen molar-refractivity contribution in [3.8, 4) is 11.8 Å². The molecule has 3 heteroatoms. The number of rotatable bonds is 1. The van der Waals surface area contributed by atoms with E-state index in [1.165, 1.54) is 0 Å². The topological polar surface area (TPSA) is 12.4 Å². The van der Waals surface area contributed by atoms with Crippen LogP contribution in [-0.2, 0) is 12.4 Å². The fourth-order valence-electron chi connectivity index (χ4n) is 0.917. The van der Waals surface area contributed by atoms with Crippen LogP contribution in [0.4, 0.5) is 5.69 Å². The summed E-state index contributed by atoms with van der Waals surface area (Å²) in [7, 11) is 0. The maximum atomic E-state index is 6.03. The van der Waals surface area contributed by atoms with E-state index in [4.69, 9.17) is 11.6 Å². The second-order valence-corrected chi connectivity index (χ2v) is 4.85. The van der Waals surface area contributed by atoms with Crippen LogP contribution >= 0.6 is 11.6 Å². The standard InChI is InChI=1S/C12H12ClNS/c1-12(2,3)7-6-9-4-5-10(14-15)8-11(9)13/h4-5,8H,1-3H3. The predicted molar refractivity (Wildman–Crippen MR) is 67.2 cm³/mol. The van der Waals surface area contributed by atoms with Crippen molar-refractivity contribution in [1.82, 2.24) is 0 Å². The smallest absolute Gasteiger partial charge is 0.0785 e. The van der Waals surface area contributed by atoms with Gasteiger partial charge in [0.2, 0.25) is 0 Å². The van der Waals surface area contributed by atoms with Crippen LogP contribution in [0.1, 0.15) is 26.3 Å². The maximum Gasteiger partial charge on any atom is 0.0785 e. The van der Waals surface area contributed by atoms with Gasteiger partial charge in [-0.15, -0.1) is 0 Å². The summed E-state index contributed by atoms with van der Waals surface area (Å²) in [6.07, 6.45) is 0. The Morgan fingerprint density at radius 2 is 2.00 bits per heavy atom. The first-order chi connectivity index (χ1) is 6.92. The molecule has 0 saturated heterocycles. The average molecular weight is 238 g/mol. The van der Waals surface area contributed by atoms with Crippen LogP contribution in [0.5, 0.6) is 0 Å². The highest BCUT2D eigenvalue weighted by Gasteiger charge is 2.04. The van der Waals surface area contributed by atoms with Crippen molar-refractivity contribution >= 4 is 29.7 Å². The van der Waals surface area contributed by atoms with Crippen molar-refractivity contribution in [3.05, 3.63) is 28.8 Å². The number of nitrogens with zero attached hydrogens (tertiary/aromatic N) is 1. The summed E-state index contributed by atoms with van der Waals surface area (Å²) in [5, 5.41) is 0.595. The van der Waals surface area contributed by atoms with Gasteiger partial charge in [-0.1, -0.05) is 23.4 Å². The maximum absolute atomic E-state index is 6.03. The molecular formula is C12H12ClNS. The Labute approximate surface area is 101 Å². The van der Waals surface area contributed by atoms with Gasteiger partial charge in [0.1, 0.15) is 0 Å². The Morgan fingerprint density at radius 3 is 2.47 bits per heavy atom. The Kier molecular flexibility index (Phi) is 3.84. The average Bonchev–Trinajstić information content (AvgIpc) is 2.14. The number of benzene rings is 1. The van der Waals surface area contributed by atoms with Crippen LogP contribution in [0.3, 0.4) is 0 Å². The minimum Gasteiger partial charge on any atom is -0.182 e. The summed E-state index contributed by atoms with van der Waals surface area (Å²) in [5.41, 5.74) is 1.48. The highest BCUT2D eigenvalue weighted by molar-refractivity contribution is 7.47. The molecule has 0 spiro atoms. The van der Waals surface area contributed by atoms with Crippen LogP contribution < -0.4 is 0 Å². The van der Waals surface area contributed by atoms with Gasteiger partial charge >= 0.3 is 0 Å². The van der Waals surface area contributed by atoms with Gasteiger partial charge in [0.15, 0.2) is 0 Å². The molecule has 0 atom stereocenters. The van der Waals surface area contributed by atoms with Gasteiger partial charge in [0.25, 0.3) is 0 Å². The van der Waals surface area contributed by atoms with Gasteiger partial charge in [0, 0.05) is 23.4 Å². The Morgan fingerprint density at radius 1 is 1.33 bits per heavy atom. The summed E-state index contributed by atoms with van der Waals surface area (Å²) < 4.78 is 3.63. The fraction of sp³-hybridized carbons (Fsp3) is 0.333. The van der Waals surface area contributed by atoms with E-state index in [1.807, 2.05) is 12.1 Å². The highest BCUT2D eigenvalue weighted by Crippen LogP contribution is 2.22. The molecule has 0 fully saturated rings. The molecule has 15 heavy (non-hydrogen) atoms. The molecule has 1 nitrogen and oxygen atoms in total.